The van der Waals surface area contributed by atoms with Crippen LogP contribution in [0.1, 0.15) is 23.2 Å². The molecule has 2 aromatic rings. The summed E-state index contributed by atoms with van der Waals surface area (Å²) in [6.45, 7) is 0.570. The maximum atomic E-state index is 5.67. The predicted octanol–water partition coefficient (Wildman–Crippen LogP) is 2.53. The van der Waals surface area contributed by atoms with Crippen molar-refractivity contribution in [1.82, 2.24) is 10.1 Å². The molecule has 1 aromatic heterocycles. The molecule has 1 aliphatic rings. The quantitative estimate of drug-likeness (QED) is 0.769. The number of rotatable bonds is 2. The number of aromatic nitrogens is 2. The monoisotopic (exact) mass is 250 g/mol. The fourth-order valence-corrected chi connectivity index (χ4v) is 2.08. The lowest BCUT2D eigenvalue weighted by atomic mass is 9.97. The Labute approximate surface area is 104 Å². The van der Waals surface area contributed by atoms with Crippen molar-refractivity contribution < 1.29 is 9.26 Å². The number of hydrogen-bond acceptors (Lipinski definition) is 4. The van der Waals surface area contributed by atoms with E-state index in [1.54, 1.807) is 0 Å². The third-order valence-corrected chi connectivity index (χ3v) is 3.07. The molecule has 3 rings (SSSR count). The van der Waals surface area contributed by atoms with Crippen molar-refractivity contribution >= 4 is 11.6 Å². The topological polar surface area (TPSA) is 48.2 Å². The highest BCUT2D eigenvalue weighted by Crippen LogP contribution is 2.31. The van der Waals surface area contributed by atoms with Gasteiger partial charge < -0.3 is 9.26 Å². The molecular formula is C12H11ClN2O2. The van der Waals surface area contributed by atoms with Gasteiger partial charge in [-0.15, -0.1) is 11.6 Å². The van der Waals surface area contributed by atoms with Gasteiger partial charge in [-0.3, -0.25) is 0 Å². The number of ether oxygens (including phenoxy) is 1. The molecule has 4 nitrogen and oxygen atoms in total. The molecular weight excluding hydrogens is 240 g/mol. The van der Waals surface area contributed by atoms with Crippen LogP contribution in [0, 0.1) is 0 Å². The standard InChI is InChI=1S/C12H11ClN2O2/c13-6-11-14-12(17-15-11)9-5-8-3-1-2-4-10(8)16-7-9/h1-4,9H,5-7H2. The molecule has 1 unspecified atom stereocenters. The van der Waals surface area contributed by atoms with Crippen molar-refractivity contribution in [3.8, 4) is 5.75 Å². The summed E-state index contributed by atoms with van der Waals surface area (Å²) >= 11 is 5.64. The van der Waals surface area contributed by atoms with E-state index >= 15 is 0 Å². The van der Waals surface area contributed by atoms with E-state index in [9.17, 15) is 0 Å². The Balaban J connectivity index is 1.84. The van der Waals surface area contributed by atoms with E-state index in [4.69, 9.17) is 20.9 Å². The molecule has 1 aromatic carbocycles. The van der Waals surface area contributed by atoms with Crippen molar-refractivity contribution in [2.75, 3.05) is 6.61 Å². The predicted molar refractivity (Wildman–Crippen MR) is 62.2 cm³/mol. The smallest absolute Gasteiger partial charge is 0.233 e. The van der Waals surface area contributed by atoms with Gasteiger partial charge in [0.1, 0.15) is 12.4 Å². The van der Waals surface area contributed by atoms with E-state index in [0.29, 0.717) is 18.3 Å². The number of nitrogens with zero attached hydrogens (tertiary/aromatic N) is 2. The van der Waals surface area contributed by atoms with Crippen LogP contribution < -0.4 is 4.74 Å². The number of halogens is 1. The maximum absolute atomic E-state index is 5.67. The lowest BCUT2D eigenvalue weighted by Gasteiger charge is -2.22. The van der Waals surface area contributed by atoms with E-state index in [2.05, 4.69) is 16.2 Å². The first-order valence-electron chi connectivity index (χ1n) is 5.46. The minimum absolute atomic E-state index is 0.120. The third kappa shape index (κ3) is 2.00. The Hall–Kier alpha value is -1.55. The number of alkyl halides is 1. The van der Waals surface area contributed by atoms with Gasteiger partial charge in [0.15, 0.2) is 5.82 Å². The number of hydrogen-bond donors (Lipinski definition) is 0. The number of benzene rings is 1. The Morgan fingerprint density at radius 1 is 1.35 bits per heavy atom. The minimum atomic E-state index is 0.120. The van der Waals surface area contributed by atoms with Gasteiger partial charge in [-0.1, -0.05) is 23.4 Å². The highest BCUT2D eigenvalue weighted by atomic mass is 35.5. The van der Waals surface area contributed by atoms with Gasteiger partial charge in [0.2, 0.25) is 5.89 Å². The van der Waals surface area contributed by atoms with Gasteiger partial charge in [-0.2, -0.15) is 4.98 Å². The summed E-state index contributed by atoms with van der Waals surface area (Å²) in [7, 11) is 0. The van der Waals surface area contributed by atoms with Crippen molar-refractivity contribution in [1.29, 1.82) is 0 Å². The summed E-state index contributed by atoms with van der Waals surface area (Å²) in [5.41, 5.74) is 1.18. The average molecular weight is 251 g/mol. The Morgan fingerprint density at radius 2 is 2.24 bits per heavy atom. The van der Waals surface area contributed by atoms with Gasteiger partial charge in [0.25, 0.3) is 0 Å². The van der Waals surface area contributed by atoms with Gasteiger partial charge in [-0.05, 0) is 18.1 Å². The highest BCUT2D eigenvalue weighted by Gasteiger charge is 2.25. The zero-order chi connectivity index (χ0) is 11.7. The van der Waals surface area contributed by atoms with Crippen LogP contribution in [0.3, 0.4) is 0 Å². The normalized spacial score (nSPS) is 18.5. The third-order valence-electron chi connectivity index (χ3n) is 2.83. The first-order valence-corrected chi connectivity index (χ1v) is 5.99. The first-order chi connectivity index (χ1) is 8.36. The largest absolute Gasteiger partial charge is 0.492 e. The lowest BCUT2D eigenvalue weighted by Crippen LogP contribution is -2.19. The van der Waals surface area contributed by atoms with E-state index in [1.807, 2.05) is 18.2 Å². The molecule has 0 N–H and O–H groups in total. The van der Waals surface area contributed by atoms with Crippen LogP contribution >= 0.6 is 11.6 Å². The molecule has 0 amide bonds. The van der Waals surface area contributed by atoms with Crippen molar-refractivity contribution in [3.63, 3.8) is 0 Å². The Kier molecular flexibility index (Phi) is 2.73. The van der Waals surface area contributed by atoms with Gasteiger partial charge in [0.05, 0.1) is 11.8 Å². The minimum Gasteiger partial charge on any atom is -0.492 e. The second-order valence-electron chi connectivity index (χ2n) is 4.00. The van der Waals surface area contributed by atoms with Crippen LogP contribution in [0.2, 0.25) is 0 Å². The zero-order valence-electron chi connectivity index (χ0n) is 9.10. The van der Waals surface area contributed by atoms with Crippen LogP contribution in [0.15, 0.2) is 28.8 Å². The van der Waals surface area contributed by atoms with E-state index < -0.39 is 0 Å². The molecule has 0 bridgehead atoms. The second kappa shape index (κ2) is 4.37. The fourth-order valence-electron chi connectivity index (χ4n) is 1.97. The number of para-hydroxylation sites is 1. The van der Waals surface area contributed by atoms with E-state index in [-0.39, 0.29) is 11.8 Å². The van der Waals surface area contributed by atoms with Gasteiger partial charge in [-0.25, -0.2) is 0 Å². The summed E-state index contributed by atoms with van der Waals surface area (Å²) in [4.78, 5) is 4.24. The molecule has 0 saturated carbocycles. The van der Waals surface area contributed by atoms with Gasteiger partial charge >= 0.3 is 0 Å². The van der Waals surface area contributed by atoms with Crippen LogP contribution in [0.5, 0.6) is 5.75 Å². The van der Waals surface area contributed by atoms with Gasteiger partial charge in [0, 0.05) is 0 Å². The second-order valence-corrected chi connectivity index (χ2v) is 4.27. The lowest BCUT2D eigenvalue weighted by molar-refractivity contribution is 0.230. The first kappa shape index (κ1) is 10.6. The molecule has 0 aliphatic carbocycles. The average Bonchev–Trinajstić information content (AvgIpc) is 2.87. The van der Waals surface area contributed by atoms with Crippen molar-refractivity contribution in [2.45, 2.75) is 18.2 Å². The molecule has 0 fully saturated rings. The molecule has 0 radical (unpaired) electrons. The van der Waals surface area contributed by atoms with E-state index in [0.717, 1.165) is 12.2 Å². The molecule has 17 heavy (non-hydrogen) atoms. The maximum Gasteiger partial charge on any atom is 0.233 e. The molecule has 5 heteroatoms. The molecule has 1 atom stereocenters. The summed E-state index contributed by atoms with van der Waals surface area (Å²) in [5, 5.41) is 3.79. The molecule has 1 aliphatic heterocycles. The van der Waals surface area contributed by atoms with Crippen molar-refractivity contribution in [2.24, 2.45) is 0 Å². The van der Waals surface area contributed by atoms with Crippen molar-refractivity contribution in [3.05, 3.63) is 41.5 Å². The van der Waals surface area contributed by atoms with Crippen LogP contribution in [0.4, 0.5) is 0 Å². The number of fused-ring (bicyclic) bond motifs is 1. The van der Waals surface area contributed by atoms with Crippen LogP contribution in [0.25, 0.3) is 0 Å². The fraction of sp³-hybridized carbons (Fsp3) is 0.333. The molecule has 88 valence electrons. The highest BCUT2D eigenvalue weighted by molar-refractivity contribution is 6.16. The summed E-state index contributed by atoms with van der Waals surface area (Å²) in [6, 6.07) is 8.00. The van der Waals surface area contributed by atoms with Crippen LogP contribution in [-0.2, 0) is 12.3 Å². The van der Waals surface area contributed by atoms with E-state index in [1.165, 1.54) is 5.56 Å². The summed E-state index contributed by atoms with van der Waals surface area (Å²) in [5.74, 6) is 2.47. The molecule has 0 saturated heterocycles. The molecule has 0 spiro atoms. The summed E-state index contributed by atoms with van der Waals surface area (Å²) < 4.78 is 10.9. The Bertz CT molecular complexity index is 527. The molecule has 2 heterocycles. The SMILES string of the molecule is ClCc1noc(C2COc3ccccc3C2)n1. The van der Waals surface area contributed by atoms with Crippen LogP contribution in [-0.4, -0.2) is 16.7 Å². The Morgan fingerprint density at radius 3 is 3.06 bits per heavy atom. The zero-order valence-corrected chi connectivity index (χ0v) is 9.85. The summed E-state index contributed by atoms with van der Waals surface area (Å²) in [6.07, 6.45) is 0.861.